The molecule has 0 saturated heterocycles. The van der Waals surface area contributed by atoms with Gasteiger partial charge in [0.25, 0.3) is 5.91 Å². The summed E-state index contributed by atoms with van der Waals surface area (Å²) in [6.45, 7) is 3.97. The Morgan fingerprint density at radius 3 is 2.78 bits per heavy atom. The lowest BCUT2D eigenvalue weighted by Gasteiger charge is -2.34. The number of rotatable bonds is 4. The number of amides is 1. The largest absolute Gasteiger partial charge is 0.451 e. The second kappa shape index (κ2) is 7.97. The molecule has 1 aromatic heterocycles. The first-order valence-electron chi connectivity index (χ1n) is 7.67. The molecule has 2 rings (SSSR count). The molecule has 1 saturated carbocycles. The lowest BCUT2D eigenvalue weighted by Crippen LogP contribution is -2.45. The summed E-state index contributed by atoms with van der Waals surface area (Å²) in [7, 11) is 0. The molecule has 0 aliphatic heterocycles. The molecule has 0 bridgehead atoms. The number of carbonyl (C=O) groups is 2. The predicted octanol–water partition coefficient (Wildman–Crippen LogP) is 3.49. The number of aromatic nitrogens is 1. The van der Waals surface area contributed by atoms with Crippen molar-refractivity contribution in [3.8, 4) is 0 Å². The fourth-order valence-electron chi connectivity index (χ4n) is 2.80. The van der Waals surface area contributed by atoms with E-state index >= 15 is 0 Å². The highest BCUT2D eigenvalue weighted by atomic mass is 35.5. The standard InChI is InChI=1S/C16H20Cl2N2O3/c1-9-4-3-5-12(10(9)2)19-14(21)8-23-16(22)15-11(17)6-7-13(18)20-15/h6-7,9-10,12H,3-5,8H2,1-2H3,(H,19,21)/t9-,10+,12+/m0/s1. The molecule has 7 heteroatoms. The Labute approximate surface area is 145 Å². The summed E-state index contributed by atoms with van der Waals surface area (Å²) >= 11 is 11.6. The SMILES string of the molecule is C[C@@H]1[C@@H](C)CCC[C@H]1NC(=O)COC(=O)c1nc(Cl)ccc1Cl. The fraction of sp³-hybridized carbons (Fsp3) is 0.562. The van der Waals surface area contributed by atoms with Gasteiger partial charge in [-0.2, -0.15) is 0 Å². The number of ether oxygens (including phenoxy) is 1. The van der Waals surface area contributed by atoms with Crippen molar-refractivity contribution in [2.45, 2.75) is 39.2 Å². The number of hydrogen-bond acceptors (Lipinski definition) is 4. The van der Waals surface area contributed by atoms with Crippen LogP contribution in [0.15, 0.2) is 12.1 Å². The van der Waals surface area contributed by atoms with E-state index < -0.39 is 5.97 Å². The van der Waals surface area contributed by atoms with Crippen LogP contribution in [0.4, 0.5) is 0 Å². The number of nitrogens with one attached hydrogen (secondary N) is 1. The zero-order valence-corrected chi connectivity index (χ0v) is 14.7. The highest BCUT2D eigenvalue weighted by Gasteiger charge is 2.28. The quantitative estimate of drug-likeness (QED) is 0.660. The summed E-state index contributed by atoms with van der Waals surface area (Å²) < 4.78 is 4.97. The van der Waals surface area contributed by atoms with E-state index in [1.54, 1.807) is 0 Å². The number of pyridine rings is 1. The van der Waals surface area contributed by atoms with Crippen molar-refractivity contribution in [2.24, 2.45) is 11.8 Å². The molecule has 1 amide bonds. The van der Waals surface area contributed by atoms with E-state index in [0.29, 0.717) is 11.8 Å². The van der Waals surface area contributed by atoms with Crippen molar-refractivity contribution in [1.29, 1.82) is 0 Å². The summed E-state index contributed by atoms with van der Waals surface area (Å²) in [6, 6.07) is 3.05. The van der Waals surface area contributed by atoms with Crippen LogP contribution in [0.1, 0.15) is 43.6 Å². The van der Waals surface area contributed by atoms with Crippen LogP contribution in [-0.2, 0) is 9.53 Å². The molecule has 1 heterocycles. The Balaban J connectivity index is 1.86. The Kier molecular flexibility index (Phi) is 6.25. The van der Waals surface area contributed by atoms with Crippen molar-refractivity contribution < 1.29 is 14.3 Å². The van der Waals surface area contributed by atoms with Gasteiger partial charge in [-0.15, -0.1) is 0 Å². The molecule has 1 N–H and O–H groups in total. The summed E-state index contributed by atoms with van der Waals surface area (Å²) in [6.07, 6.45) is 3.23. The second-order valence-electron chi connectivity index (χ2n) is 5.98. The molecule has 1 aromatic rings. The number of carbonyl (C=O) groups excluding carboxylic acids is 2. The van der Waals surface area contributed by atoms with Gasteiger partial charge >= 0.3 is 5.97 Å². The molecular formula is C16H20Cl2N2O3. The molecule has 126 valence electrons. The second-order valence-corrected chi connectivity index (χ2v) is 6.78. The molecule has 0 unspecified atom stereocenters. The van der Waals surface area contributed by atoms with Gasteiger partial charge in [-0.1, -0.05) is 49.9 Å². The highest BCUT2D eigenvalue weighted by molar-refractivity contribution is 6.34. The molecule has 1 aliphatic rings. The lowest BCUT2D eigenvalue weighted by molar-refractivity contribution is -0.125. The van der Waals surface area contributed by atoms with E-state index in [2.05, 4.69) is 24.1 Å². The van der Waals surface area contributed by atoms with Crippen LogP contribution < -0.4 is 5.32 Å². The molecule has 0 radical (unpaired) electrons. The van der Waals surface area contributed by atoms with Crippen molar-refractivity contribution in [1.82, 2.24) is 10.3 Å². The Bertz CT molecular complexity index is 595. The average molecular weight is 359 g/mol. The minimum atomic E-state index is -0.766. The van der Waals surface area contributed by atoms with Crippen molar-refractivity contribution in [3.05, 3.63) is 28.0 Å². The third-order valence-electron chi connectivity index (χ3n) is 4.39. The zero-order chi connectivity index (χ0) is 17.0. The predicted molar refractivity (Wildman–Crippen MR) is 88.6 cm³/mol. The molecular weight excluding hydrogens is 339 g/mol. The minimum absolute atomic E-state index is 0.0911. The lowest BCUT2D eigenvalue weighted by atomic mass is 9.78. The van der Waals surface area contributed by atoms with E-state index in [1.165, 1.54) is 18.6 Å². The van der Waals surface area contributed by atoms with Crippen molar-refractivity contribution >= 4 is 35.1 Å². The van der Waals surface area contributed by atoms with Gasteiger partial charge in [0, 0.05) is 6.04 Å². The smallest absolute Gasteiger partial charge is 0.359 e. The van der Waals surface area contributed by atoms with Crippen LogP contribution >= 0.6 is 23.2 Å². The number of nitrogens with zero attached hydrogens (tertiary/aromatic N) is 1. The van der Waals surface area contributed by atoms with Gasteiger partial charge in [-0.25, -0.2) is 9.78 Å². The first kappa shape index (κ1) is 18.0. The van der Waals surface area contributed by atoms with Crippen LogP contribution in [0, 0.1) is 11.8 Å². The number of esters is 1. The van der Waals surface area contributed by atoms with Gasteiger partial charge in [0.1, 0.15) is 5.15 Å². The summed E-state index contributed by atoms with van der Waals surface area (Å²) in [5, 5.41) is 3.21. The third kappa shape index (κ3) is 4.82. The zero-order valence-electron chi connectivity index (χ0n) is 13.1. The van der Waals surface area contributed by atoms with E-state index in [0.717, 1.165) is 12.8 Å². The Hall–Kier alpha value is -1.33. The Morgan fingerprint density at radius 2 is 2.04 bits per heavy atom. The van der Waals surface area contributed by atoms with Crippen LogP contribution in [0.3, 0.4) is 0 Å². The van der Waals surface area contributed by atoms with Gasteiger partial charge < -0.3 is 10.1 Å². The van der Waals surface area contributed by atoms with E-state index in [9.17, 15) is 9.59 Å². The summed E-state index contributed by atoms with van der Waals surface area (Å²) in [5.41, 5.74) is -0.0911. The first-order chi connectivity index (χ1) is 10.9. The third-order valence-corrected chi connectivity index (χ3v) is 4.91. The van der Waals surface area contributed by atoms with Crippen molar-refractivity contribution in [3.63, 3.8) is 0 Å². The van der Waals surface area contributed by atoms with Gasteiger partial charge in [0.15, 0.2) is 12.3 Å². The monoisotopic (exact) mass is 358 g/mol. The molecule has 5 nitrogen and oxygen atoms in total. The summed E-state index contributed by atoms with van der Waals surface area (Å²) in [5.74, 6) is -0.0985. The molecule has 1 aliphatic carbocycles. The first-order valence-corrected chi connectivity index (χ1v) is 8.42. The average Bonchev–Trinajstić information content (AvgIpc) is 2.52. The van der Waals surface area contributed by atoms with E-state index in [1.807, 2.05) is 0 Å². The number of hydrogen-bond donors (Lipinski definition) is 1. The van der Waals surface area contributed by atoms with Gasteiger partial charge in [0.2, 0.25) is 0 Å². The maximum absolute atomic E-state index is 12.0. The van der Waals surface area contributed by atoms with Gasteiger partial charge in [-0.05, 0) is 30.4 Å². The molecule has 0 aromatic carbocycles. The van der Waals surface area contributed by atoms with E-state index in [-0.39, 0.29) is 34.4 Å². The van der Waals surface area contributed by atoms with Gasteiger partial charge in [0.05, 0.1) is 5.02 Å². The minimum Gasteiger partial charge on any atom is -0.451 e. The molecule has 23 heavy (non-hydrogen) atoms. The molecule has 3 atom stereocenters. The van der Waals surface area contributed by atoms with Crippen LogP contribution in [0.2, 0.25) is 10.2 Å². The normalized spacial score (nSPS) is 24.1. The summed E-state index contributed by atoms with van der Waals surface area (Å²) in [4.78, 5) is 27.7. The highest BCUT2D eigenvalue weighted by Crippen LogP contribution is 2.29. The van der Waals surface area contributed by atoms with E-state index in [4.69, 9.17) is 27.9 Å². The van der Waals surface area contributed by atoms with Crippen LogP contribution in [-0.4, -0.2) is 29.5 Å². The van der Waals surface area contributed by atoms with Crippen LogP contribution in [0.25, 0.3) is 0 Å². The van der Waals surface area contributed by atoms with Gasteiger partial charge in [-0.3, -0.25) is 4.79 Å². The number of halogens is 2. The maximum Gasteiger partial charge on any atom is 0.359 e. The molecule has 1 fully saturated rings. The van der Waals surface area contributed by atoms with Crippen LogP contribution in [0.5, 0.6) is 0 Å². The fourth-order valence-corrected chi connectivity index (χ4v) is 3.13. The molecule has 0 spiro atoms. The maximum atomic E-state index is 12.0. The topological polar surface area (TPSA) is 68.3 Å². The Morgan fingerprint density at radius 1 is 1.30 bits per heavy atom. The van der Waals surface area contributed by atoms with Crippen molar-refractivity contribution in [2.75, 3.05) is 6.61 Å².